The van der Waals surface area contributed by atoms with Crippen molar-refractivity contribution in [1.29, 1.82) is 0 Å². The van der Waals surface area contributed by atoms with Gasteiger partial charge in [-0.3, -0.25) is 0 Å². The fourth-order valence-electron chi connectivity index (χ4n) is 0.367. The van der Waals surface area contributed by atoms with Crippen LogP contribution in [0.1, 0.15) is 5.76 Å². The van der Waals surface area contributed by atoms with Crippen LogP contribution in [0.2, 0.25) is 5.02 Å². The van der Waals surface area contributed by atoms with Gasteiger partial charge >= 0.3 is 0 Å². The normalized spacial score (nSPS) is 9.43. The first-order valence-corrected chi connectivity index (χ1v) is 2.30. The zero-order valence-corrected chi connectivity index (χ0v) is 4.62. The van der Waals surface area contributed by atoms with Crippen molar-refractivity contribution in [2.45, 2.75) is 6.92 Å². The summed E-state index contributed by atoms with van der Waals surface area (Å²) in [6.45, 7) is 1.80. The summed E-state index contributed by atoms with van der Waals surface area (Å²) in [6, 6.07) is 2.74. The summed E-state index contributed by atoms with van der Waals surface area (Å²) in [4.78, 5) is 0. The zero-order chi connectivity index (χ0) is 5.28. The quantitative estimate of drug-likeness (QED) is 0.504. The molecule has 0 N–H and O–H groups in total. The molecule has 1 rings (SSSR count). The van der Waals surface area contributed by atoms with Gasteiger partial charge in [-0.25, -0.2) is 0 Å². The van der Waals surface area contributed by atoms with Crippen molar-refractivity contribution >= 4 is 11.6 Å². The first-order chi connectivity index (χ1) is 3.29. The molecule has 0 amide bonds. The largest absolute Gasteiger partial charge is 0.467 e. The Bertz CT molecular complexity index is 140. The maximum Gasteiger partial charge on any atom is 0.110 e. The Morgan fingerprint density at radius 1 is 1.86 bits per heavy atom. The van der Waals surface area contributed by atoms with E-state index in [-0.39, 0.29) is 0 Å². The molecule has 1 heterocycles. The maximum absolute atomic E-state index is 5.41. The highest BCUT2D eigenvalue weighted by Gasteiger charge is 1.89. The standard InChI is InChI=1S/C5H4ClO/c1-4-2-5(6)3-7-4/h3H,1H3. The van der Waals surface area contributed by atoms with E-state index in [1.807, 2.05) is 0 Å². The Hall–Kier alpha value is -0.430. The minimum absolute atomic E-state index is 0.539. The molecule has 0 spiro atoms. The molecule has 1 aromatic rings. The summed E-state index contributed by atoms with van der Waals surface area (Å²) in [6.07, 6.45) is 1.46. The maximum atomic E-state index is 5.41. The van der Waals surface area contributed by atoms with E-state index in [9.17, 15) is 0 Å². The molecule has 1 aromatic heterocycles. The first-order valence-electron chi connectivity index (χ1n) is 1.92. The number of hydrogen-bond donors (Lipinski definition) is 0. The van der Waals surface area contributed by atoms with Gasteiger partial charge in [-0.2, -0.15) is 0 Å². The van der Waals surface area contributed by atoms with Gasteiger partial charge < -0.3 is 4.42 Å². The van der Waals surface area contributed by atoms with Gasteiger partial charge in [0.2, 0.25) is 0 Å². The van der Waals surface area contributed by atoms with E-state index in [0.717, 1.165) is 5.76 Å². The van der Waals surface area contributed by atoms with E-state index in [2.05, 4.69) is 6.07 Å². The predicted molar refractivity (Wildman–Crippen MR) is 27.3 cm³/mol. The van der Waals surface area contributed by atoms with Gasteiger partial charge in [-0.05, 0) is 6.92 Å². The van der Waals surface area contributed by atoms with Crippen molar-refractivity contribution in [3.8, 4) is 0 Å². The van der Waals surface area contributed by atoms with Gasteiger partial charge in [-0.15, -0.1) is 0 Å². The summed E-state index contributed by atoms with van der Waals surface area (Å²) >= 11 is 5.41. The Labute approximate surface area is 46.9 Å². The van der Waals surface area contributed by atoms with Gasteiger partial charge in [-0.1, -0.05) is 11.6 Å². The van der Waals surface area contributed by atoms with E-state index in [1.54, 1.807) is 6.92 Å². The number of rotatable bonds is 0. The average Bonchev–Trinajstić information content (AvgIpc) is 1.87. The lowest BCUT2D eigenvalue weighted by molar-refractivity contribution is 0.533. The van der Waals surface area contributed by atoms with Crippen LogP contribution < -0.4 is 0 Å². The van der Waals surface area contributed by atoms with Gasteiger partial charge in [0.1, 0.15) is 12.0 Å². The van der Waals surface area contributed by atoms with Crippen LogP contribution in [0.4, 0.5) is 0 Å². The Balaban J connectivity index is 3.04. The summed E-state index contributed by atoms with van der Waals surface area (Å²) in [5.74, 6) is 0.727. The van der Waals surface area contributed by atoms with Crippen LogP contribution >= 0.6 is 11.6 Å². The third kappa shape index (κ3) is 0.967. The number of aryl methyl sites for hydroxylation is 1. The van der Waals surface area contributed by atoms with Gasteiger partial charge in [0.05, 0.1) is 5.02 Å². The molecule has 0 atom stereocenters. The van der Waals surface area contributed by atoms with Crippen LogP contribution in [0.15, 0.2) is 10.7 Å². The van der Waals surface area contributed by atoms with Crippen molar-refractivity contribution in [2.24, 2.45) is 0 Å². The molecule has 37 valence electrons. The average molecular weight is 116 g/mol. The summed E-state index contributed by atoms with van der Waals surface area (Å²) in [5.41, 5.74) is 0. The molecular weight excluding hydrogens is 112 g/mol. The minimum Gasteiger partial charge on any atom is -0.467 e. The molecule has 7 heavy (non-hydrogen) atoms. The van der Waals surface area contributed by atoms with Crippen LogP contribution in [-0.2, 0) is 0 Å². The lowest BCUT2D eigenvalue weighted by Gasteiger charge is -1.68. The third-order valence-corrected chi connectivity index (χ3v) is 0.818. The molecule has 0 aliphatic rings. The molecule has 0 saturated carbocycles. The third-order valence-electron chi connectivity index (χ3n) is 0.635. The SMILES string of the molecule is Cc1[c]c(Cl)co1. The van der Waals surface area contributed by atoms with Crippen LogP contribution in [-0.4, -0.2) is 0 Å². The second kappa shape index (κ2) is 1.58. The molecule has 0 aromatic carbocycles. The predicted octanol–water partition coefficient (Wildman–Crippen LogP) is 2.04. The van der Waals surface area contributed by atoms with Gasteiger partial charge in [0, 0.05) is 6.07 Å². The summed E-state index contributed by atoms with van der Waals surface area (Å²) in [5, 5.41) is 0.539. The molecule has 0 aliphatic heterocycles. The lowest BCUT2D eigenvalue weighted by Crippen LogP contribution is -1.51. The highest BCUT2D eigenvalue weighted by atomic mass is 35.5. The van der Waals surface area contributed by atoms with Crippen LogP contribution in [0.3, 0.4) is 0 Å². The van der Waals surface area contributed by atoms with Gasteiger partial charge in [0.25, 0.3) is 0 Å². The van der Waals surface area contributed by atoms with Crippen LogP contribution in [0.25, 0.3) is 0 Å². The van der Waals surface area contributed by atoms with Crippen molar-refractivity contribution in [3.05, 3.63) is 23.1 Å². The molecule has 0 unspecified atom stereocenters. The molecule has 1 radical (unpaired) electrons. The van der Waals surface area contributed by atoms with Crippen LogP contribution in [0.5, 0.6) is 0 Å². The Morgan fingerprint density at radius 2 is 2.57 bits per heavy atom. The van der Waals surface area contributed by atoms with E-state index in [4.69, 9.17) is 16.0 Å². The molecule has 0 bridgehead atoms. The van der Waals surface area contributed by atoms with Crippen molar-refractivity contribution in [1.82, 2.24) is 0 Å². The van der Waals surface area contributed by atoms with Crippen molar-refractivity contribution < 1.29 is 4.42 Å². The molecular formula is C5H4ClO. The van der Waals surface area contributed by atoms with E-state index in [1.165, 1.54) is 6.26 Å². The lowest BCUT2D eigenvalue weighted by atomic mass is 10.5. The molecule has 0 saturated heterocycles. The Morgan fingerprint density at radius 3 is 2.71 bits per heavy atom. The minimum atomic E-state index is 0.539. The molecule has 2 heteroatoms. The first kappa shape index (κ1) is 4.72. The second-order valence-electron chi connectivity index (χ2n) is 1.26. The monoisotopic (exact) mass is 115 g/mol. The van der Waals surface area contributed by atoms with Crippen molar-refractivity contribution in [3.63, 3.8) is 0 Å². The highest BCUT2D eigenvalue weighted by Crippen LogP contribution is 2.09. The van der Waals surface area contributed by atoms with E-state index >= 15 is 0 Å². The second-order valence-corrected chi connectivity index (χ2v) is 1.67. The summed E-state index contributed by atoms with van der Waals surface area (Å²) < 4.78 is 4.78. The Kier molecular flexibility index (Phi) is 1.07. The topological polar surface area (TPSA) is 13.1 Å². The summed E-state index contributed by atoms with van der Waals surface area (Å²) in [7, 11) is 0. The molecule has 0 fully saturated rings. The number of furan rings is 1. The number of hydrogen-bond acceptors (Lipinski definition) is 1. The zero-order valence-electron chi connectivity index (χ0n) is 3.86. The molecule has 1 nitrogen and oxygen atoms in total. The van der Waals surface area contributed by atoms with Crippen molar-refractivity contribution in [2.75, 3.05) is 0 Å². The fraction of sp³-hybridized carbons (Fsp3) is 0.200. The van der Waals surface area contributed by atoms with Gasteiger partial charge in [0.15, 0.2) is 0 Å². The fourth-order valence-corrected chi connectivity index (χ4v) is 0.545. The highest BCUT2D eigenvalue weighted by molar-refractivity contribution is 6.30. The smallest absolute Gasteiger partial charge is 0.110 e. The van der Waals surface area contributed by atoms with Crippen LogP contribution in [0, 0.1) is 13.0 Å². The number of halogens is 1. The van der Waals surface area contributed by atoms with E-state index in [0.29, 0.717) is 5.02 Å². The molecule has 0 aliphatic carbocycles. The van der Waals surface area contributed by atoms with E-state index < -0.39 is 0 Å².